The Labute approximate surface area is 426 Å². The lowest BCUT2D eigenvalue weighted by Crippen LogP contribution is -2.47. The number of piperidine rings is 2. The van der Waals surface area contributed by atoms with Crippen LogP contribution in [0.15, 0.2) is 76.5 Å². The smallest absolute Gasteiger partial charge is 0.315 e. The van der Waals surface area contributed by atoms with Gasteiger partial charge in [0.1, 0.15) is 40.4 Å². The molecule has 0 saturated carbocycles. The summed E-state index contributed by atoms with van der Waals surface area (Å²) in [4.78, 5) is 70.1. The van der Waals surface area contributed by atoms with Crippen molar-refractivity contribution in [3.8, 4) is 17.2 Å². The number of allylic oxidation sites excluding steroid dienone is 3. The quantitative estimate of drug-likeness (QED) is 0.0962. The molecule has 0 aromatic heterocycles. The van der Waals surface area contributed by atoms with E-state index in [0.29, 0.717) is 30.4 Å². The van der Waals surface area contributed by atoms with Gasteiger partial charge in [0, 0.05) is 86.3 Å². The molecule has 0 radical (unpaired) electrons. The number of carbonyl (C=O) groups is 4. The van der Waals surface area contributed by atoms with Crippen LogP contribution < -0.4 is 20.8 Å². The van der Waals surface area contributed by atoms with Crippen LogP contribution in [0.5, 0.6) is 17.2 Å². The average Bonchev–Trinajstić information content (AvgIpc) is 3.96. The van der Waals surface area contributed by atoms with Crippen LogP contribution in [0.25, 0.3) is 10.8 Å². The lowest BCUT2D eigenvalue weighted by Gasteiger charge is -2.39. The number of Topliss-reactive ketones (excluding diaryl/α,β-unsaturated/α-hetero) is 1. The molecule has 7 aliphatic rings. The van der Waals surface area contributed by atoms with Crippen LogP contribution in [-0.2, 0) is 23.9 Å². The first-order chi connectivity index (χ1) is 34.8. The molecule has 16 heteroatoms. The van der Waals surface area contributed by atoms with Crippen molar-refractivity contribution in [2.24, 2.45) is 27.7 Å². The van der Waals surface area contributed by atoms with E-state index in [1.165, 1.54) is 18.7 Å². The third kappa shape index (κ3) is 10.1. The van der Waals surface area contributed by atoms with Crippen molar-refractivity contribution in [2.45, 2.75) is 160 Å². The second-order valence-corrected chi connectivity index (χ2v) is 22.0. The zero-order chi connectivity index (χ0) is 52.1. The highest BCUT2D eigenvalue weighted by molar-refractivity contribution is 6.21. The number of carbonyl (C=O) groups excluding carboxylic acids is 4. The average molecular weight is 1000 g/mol. The van der Waals surface area contributed by atoms with E-state index in [0.717, 1.165) is 45.3 Å². The van der Waals surface area contributed by atoms with Crippen LogP contribution >= 0.6 is 0 Å². The number of esters is 1. The Morgan fingerprint density at radius 1 is 0.945 bits per heavy atom. The fourth-order valence-electron chi connectivity index (χ4n) is 12.1. The van der Waals surface area contributed by atoms with Gasteiger partial charge in [-0.3, -0.25) is 24.2 Å². The number of amides is 2. The lowest BCUT2D eigenvalue weighted by atomic mass is 9.85. The number of ether oxygens (including phenoxy) is 3. The Hall–Kier alpha value is -6.10. The van der Waals surface area contributed by atoms with E-state index < -0.39 is 71.4 Å². The molecule has 5 unspecified atom stereocenters. The number of ketones is 1. The number of phenolic OH excluding ortho intramolecular Hbond substituents is 2. The third-order valence-electron chi connectivity index (χ3n) is 16.2. The van der Waals surface area contributed by atoms with Gasteiger partial charge in [0.05, 0.1) is 35.1 Å². The SMILES string of the molecule is C/C1=C/C=C/C(C)[C@H](O)[C@@H](C)C(O)C[C@H](OC(=O)CC(=O)N2C3CCC2CC(c2ccccc2)C3)CC/C=C/OC2(C)Oc3c(C)c(O)c4c(O)c(c5c(c4c3C2=O)NC2(CCN(CC(C)C)CC2)N=5)=NC1=O. The van der Waals surface area contributed by atoms with Crippen molar-refractivity contribution in [1.82, 2.24) is 9.80 Å². The number of rotatable bonds is 6. The van der Waals surface area contributed by atoms with Crippen LogP contribution in [0.3, 0.4) is 0 Å². The number of fused-ring (bicyclic) bond motifs is 15. The van der Waals surface area contributed by atoms with Crippen LogP contribution in [0.1, 0.15) is 133 Å². The minimum Gasteiger partial charge on any atom is -0.507 e. The van der Waals surface area contributed by atoms with Crippen LogP contribution in [0.4, 0.5) is 5.69 Å². The first-order valence-electron chi connectivity index (χ1n) is 26.2. The van der Waals surface area contributed by atoms with E-state index in [1.54, 1.807) is 52.0 Å². The highest BCUT2D eigenvalue weighted by Gasteiger charge is 2.51. The van der Waals surface area contributed by atoms with Gasteiger partial charge in [0.15, 0.2) is 5.75 Å². The van der Waals surface area contributed by atoms with Crippen molar-refractivity contribution in [3.05, 3.63) is 93.9 Å². The number of aromatic hydroxyl groups is 2. The standard InChI is InChI=1S/C57H71N5O11/c1-31(2)30-61-23-21-57(22-24-61)59-47-44-45-51(67)35(6)53-46(44)54(69)56(7,73-53)71-25-12-11-18-40(72-43(65)29-42(64)62-38-19-20-39(62)27-37(26-38)36-16-9-8-10-17-36)28-41(63)34(5)50(66)32(3)14-13-15-33(4)55(70)58-49(52(45)68)48(47)60-57/h8-10,12-17,25,31-32,34,37-41,50,59,63,66-68H,11,18-24,26-30H2,1-7H3/b14-13+,25-12+,33-15-,58-49?/t32?,34-,37?,38?,39?,40+,41?,50-,56?/m0/s1. The molecule has 7 heterocycles. The first-order valence-corrected chi connectivity index (χ1v) is 26.2. The second-order valence-electron chi connectivity index (χ2n) is 22.0. The predicted molar refractivity (Wildman–Crippen MR) is 273 cm³/mol. The summed E-state index contributed by atoms with van der Waals surface area (Å²) < 4.78 is 18.4. The highest BCUT2D eigenvalue weighted by Crippen LogP contribution is 2.51. The predicted octanol–water partition coefficient (Wildman–Crippen LogP) is 6.94. The molecule has 5 N–H and O–H groups in total. The number of nitrogens with one attached hydrogen (secondary N) is 1. The van der Waals surface area contributed by atoms with Crippen molar-refractivity contribution in [1.29, 1.82) is 0 Å². The number of anilines is 1. The minimum absolute atomic E-state index is 0.0348. The van der Waals surface area contributed by atoms with Crippen molar-refractivity contribution >= 4 is 40.0 Å². The van der Waals surface area contributed by atoms with Crippen molar-refractivity contribution in [3.63, 3.8) is 0 Å². The van der Waals surface area contributed by atoms with E-state index in [2.05, 4.69) is 41.2 Å². The Balaban J connectivity index is 1.01. The fourth-order valence-corrected chi connectivity index (χ4v) is 12.1. The van der Waals surface area contributed by atoms with Gasteiger partial charge in [-0.25, -0.2) is 4.99 Å². The number of likely N-dealkylation sites (tertiary alicyclic amines) is 1. The fraction of sp³-hybridized carbons (Fsp3) is 0.544. The lowest BCUT2D eigenvalue weighted by molar-refractivity contribution is -0.156. The molecule has 3 fully saturated rings. The molecule has 8 atom stereocenters. The Morgan fingerprint density at radius 3 is 2.33 bits per heavy atom. The first kappa shape index (κ1) is 51.8. The van der Waals surface area contributed by atoms with E-state index in [4.69, 9.17) is 19.2 Å². The zero-order valence-electron chi connectivity index (χ0n) is 43.1. The van der Waals surface area contributed by atoms with E-state index in [1.807, 2.05) is 23.1 Å². The summed E-state index contributed by atoms with van der Waals surface area (Å²) in [6.07, 6.45) is 9.38. The molecule has 0 aliphatic carbocycles. The summed E-state index contributed by atoms with van der Waals surface area (Å²) in [5, 5.41) is 50.8. The summed E-state index contributed by atoms with van der Waals surface area (Å²) in [6.45, 7) is 14.8. The summed E-state index contributed by atoms with van der Waals surface area (Å²) in [6, 6.07) is 10.4. The molecule has 3 aromatic carbocycles. The highest BCUT2D eigenvalue weighted by atomic mass is 16.7. The van der Waals surface area contributed by atoms with Crippen LogP contribution in [0.2, 0.25) is 0 Å². The van der Waals surface area contributed by atoms with E-state index in [9.17, 15) is 39.6 Å². The maximum absolute atomic E-state index is 14.8. The molecule has 1 spiro atoms. The maximum Gasteiger partial charge on any atom is 0.315 e. The number of nitrogens with zero attached hydrogens (tertiary/aromatic N) is 4. The number of aliphatic hydroxyl groups excluding tert-OH is 2. The Bertz CT molecular complexity index is 2880. The number of aliphatic hydroxyl groups is 2. The molecule has 390 valence electrons. The van der Waals surface area contributed by atoms with Gasteiger partial charge in [-0.1, -0.05) is 76.3 Å². The second kappa shape index (κ2) is 20.7. The van der Waals surface area contributed by atoms with Gasteiger partial charge in [-0.05, 0) is 75.8 Å². The molecule has 7 aliphatic heterocycles. The summed E-state index contributed by atoms with van der Waals surface area (Å²) in [7, 11) is 0. The molecule has 3 aromatic rings. The largest absolute Gasteiger partial charge is 0.507 e. The monoisotopic (exact) mass is 1000 g/mol. The van der Waals surface area contributed by atoms with Gasteiger partial charge < -0.3 is 49.8 Å². The van der Waals surface area contributed by atoms with E-state index >= 15 is 0 Å². The molecule has 3 saturated heterocycles. The topological polar surface area (TPSA) is 220 Å². The van der Waals surface area contributed by atoms with Crippen molar-refractivity contribution < 1.29 is 53.8 Å². The summed E-state index contributed by atoms with van der Waals surface area (Å²) in [5.74, 6) is -5.39. The number of benzene rings is 3. The normalized spacial score (nSPS) is 31.0. The zero-order valence-corrected chi connectivity index (χ0v) is 43.1. The molecular formula is C57H71N5O11. The Kier molecular flexibility index (Phi) is 14.7. The summed E-state index contributed by atoms with van der Waals surface area (Å²) in [5.41, 5.74) is 1.16. The number of hydrogen-bond donors (Lipinski definition) is 5. The van der Waals surface area contributed by atoms with Gasteiger partial charge >= 0.3 is 11.8 Å². The van der Waals surface area contributed by atoms with Gasteiger partial charge in [0.2, 0.25) is 5.91 Å². The molecular weight excluding hydrogens is 931 g/mol. The van der Waals surface area contributed by atoms with Crippen LogP contribution in [-0.4, -0.2) is 115 Å². The minimum atomic E-state index is -1.93. The van der Waals surface area contributed by atoms with Gasteiger partial charge in [-0.15, -0.1) is 0 Å². The number of phenols is 2. The van der Waals surface area contributed by atoms with Gasteiger partial charge in [-0.2, -0.15) is 0 Å². The number of hydrogen-bond acceptors (Lipinski definition) is 14. The molecule has 7 bridgehead atoms. The molecule has 73 heavy (non-hydrogen) atoms. The maximum atomic E-state index is 14.8. The molecule has 16 nitrogen and oxygen atoms in total. The molecule has 2 amide bonds. The third-order valence-corrected chi connectivity index (χ3v) is 16.2. The summed E-state index contributed by atoms with van der Waals surface area (Å²) >= 11 is 0. The van der Waals surface area contributed by atoms with Gasteiger partial charge in [0.25, 0.3) is 11.7 Å². The van der Waals surface area contributed by atoms with Crippen molar-refractivity contribution in [2.75, 3.05) is 25.0 Å². The Morgan fingerprint density at radius 2 is 1.64 bits per heavy atom. The van der Waals surface area contributed by atoms with Crippen LogP contribution in [0, 0.1) is 24.7 Å². The van der Waals surface area contributed by atoms with E-state index in [-0.39, 0.29) is 86.9 Å². The molecule has 10 rings (SSSR count).